The highest BCUT2D eigenvalue weighted by atomic mass is 32.2. The van der Waals surface area contributed by atoms with Crippen LogP contribution in [0.1, 0.15) is 31.4 Å². The smallest absolute Gasteiger partial charge is 0.312 e. The van der Waals surface area contributed by atoms with E-state index in [0.717, 1.165) is 24.5 Å². The Bertz CT molecular complexity index is 1180. The number of amides is 1. The lowest BCUT2D eigenvalue weighted by Crippen LogP contribution is -2.31. The molecule has 2 aromatic carbocycles. The molecule has 2 aliphatic heterocycles. The molecule has 176 valence electrons. The number of nitro groups is 1. The number of sulfonamides is 1. The van der Waals surface area contributed by atoms with Gasteiger partial charge >= 0.3 is 5.69 Å². The Hall–Kier alpha value is -3.38. The zero-order valence-electron chi connectivity index (χ0n) is 17.9. The van der Waals surface area contributed by atoms with E-state index < -0.39 is 33.1 Å². The number of nitro benzene ring substituents is 1. The third-order valence-corrected chi connectivity index (χ3v) is 7.36. The summed E-state index contributed by atoms with van der Waals surface area (Å²) < 4.78 is 42.6. The number of carbonyl (C=O) groups excluding carboxylic acids is 1. The van der Waals surface area contributed by atoms with Crippen LogP contribution >= 0.6 is 0 Å². The molecule has 0 bridgehead atoms. The SMILES string of the molecule is CC(NC(=O)COc1ccc(S(=O)(=O)N2CCCC2)cc1[N+](=O)[O-])c1ccc2c(c1)OCO2. The Labute approximate surface area is 190 Å². The Morgan fingerprint density at radius 1 is 1.18 bits per heavy atom. The Balaban J connectivity index is 1.42. The highest BCUT2D eigenvalue weighted by Crippen LogP contribution is 2.34. The average Bonchev–Trinajstić information content (AvgIpc) is 3.49. The first-order valence-electron chi connectivity index (χ1n) is 10.4. The van der Waals surface area contributed by atoms with Crippen molar-refractivity contribution >= 4 is 21.6 Å². The molecule has 0 saturated carbocycles. The van der Waals surface area contributed by atoms with Crippen molar-refractivity contribution in [3.63, 3.8) is 0 Å². The van der Waals surface area contributed by atoms with Crippen molar-refractivity contribution in [3.8, 4) is 17.2 Å². The lowest BCUT2D eigenvalue weighted by atomic mass is 10.1. The van der Waals surface area contributed by atoms with Gasteiger partial charge in [-0.2, -0.15) is 4.31 Å². The van der Waals surface area contributed by atoms with E-state index in [-0.39, 0.29) is 23.5 Å². The maximum absolute atomic E-state index is 12.7. The van der Waals surface area contributed by atoms with Crippen LogP contribution in [0.5, 0.6) is 17.2 Å². The fourth-order valence-corrected chi connectivity index (χ4v) is 5.23. The van der Waals surface area contributed by atoms with Gasteiger partial charge in [0.15, 0.2) is 23.9 Å². The van der Waals surface area contributed by atoms with Gasteiger partial charge in [0, 0.05) is 19.2 Å². The van der Waals surface area contributed by atoms with Gasteiger partial charge in [-0.25, -0.2) is 8.42 Å². The number of carbonyl (C=O) groups is 1. The first-order valence-corrected chi connectivity index (χ1v) is 11.8. The summed E-state index contributed by atoms with van der Waals surface area (Å²) in [4.78, 5) is 23.0. The van der Waals surface area contributed by atoms with Crippen molar-refractivity contribution in [1.29, 1.82) is 0 Å². The van der Waals surface area contributed by atoms with Crippen LogP contribution in [0.3, 0.4) is 0 Å². The summed E-state index contributed by atoms with van der Waals surface area (Å²) in [5.74, 6) is 0.530. The molecular formula is C21H23N3O8S. The molecule has 1 amide bonds. The molecule has 1 saturated heterocycles. The van der Waals surface area contributed by atoms with Gasteiger partial charge in [0.2, 0.25) is 16.8 Å². The quantitative estimate of drug-likeness (QED) is 0.452. The number of nitrogens with zero attached hydrogens (tertiary/aromatic N) is 2. The first-order chi connectivity index (χ1) is 15.8. The minimum Gasteiger partial charge on any atom is -0.477 e. The van der Waals surface area contributed by atoms with Crippen molar-refractivity contribution in [2.24, 2.45) is 0 Å². The number of nitrogens with one attached hydrogen (secondary N) is 1. The van der Waals surface area contributed by atoms with Crippen LogP contribution in [0, 0.1) is 10.1 Å². The summed E-state index contributed by atoms with van der Waals surface area (Å²) in [5.41, 5.74) is 0.266. The summed E-state index contributed by atoms with van der Waals surface area (Å²) in [6, 6.07) is 8.35. The minimum absolute atomic E-state index is 0.143. The second-order valence-electron chi connectivity index (χ2n) is 7.69. The topological polar surface area (TPSA) is 137 Å². The highest BCUT2D eigenvalue weighted by Gasteiger charge is 2.30. The predicted octanol–water partition coefficient (Wildman–Crippen LogP) is 2.36. The van der Waals surface area contributed by atoms with Crippen molar-refractivity contribution in [2.75, 3.05) is 26.5 Å². The molecule has 1 N–H and O–H groups in total. The maximum atomic E-state index is 12.7. The highest BCUT2D eigenvalue weighted by molar-refractivity contribution is 7.89. The summed E-state index contributed by atoms with van der Waals surface area (Å²) in [5, 5.41) is 14.3. The molecule has 1 fully saturated rings. The molecular weight excluding hydrogens is 454 g/mol. The van der Waals surface area contributed by atoms with Crippen LogP contribution in [-0.4, -0.2) is 50.0 Å². The lowest BCUT2D eigenvalue weighted by molar-refractivity contribution is -0.386. The van der Waals surface area contributed by atoms with Crippen LogP contribution in [0.15, 0.2) is 41.3 Å². The third-order valence-electron chi connectivity index (χ3n) is 5.46. The summed E-state index contributed by atoms with van der Waals surface area (Å²) in [6.07, 6.45) is 1.50. The average molecular weight is 477 g/mol. The number of hydrogen-bond acceptors (Lipinski definition) is 8. The van der Waals surface area contributed by atoms with Gasteiger partial charge in [-0.3, -0.25) is 14.9 Å². The predicted molar refractivity (Wildman–Crippen MR) is 116 cm³/mol. The fraction of sp³-hybridized carbons (Fsp3) is 0.381. The molecule has 2 aromatic rings. The molecule has 0 spiro atoms. The van der Waals surface area contributed by atoms with Gasteiger partial charge < -0.3 is 19.5 Å². The van der Waals surface area contributed by atoms with Gasteiger partial charge in [-0.1, -0.05) is 6.07 Å². The van der Waals surface area contributed by atoms with Crippen LogP contribution < -0.4 is 19.5 Å². The van der Waals surface area contributed by atoms with Gasteiger partial charge in [0.05, 0.1) is 15.9 Å². The maximum Gasteiger partial charge on any atom is 0.312 e. The standard InChI is InChI=1S/C21H23N3O8S/c1-14(15-4-6-19-20(10-15)32-13-31-19)22-21(25)12-30-18-7-5-16(11-17(18)24(26)27)33(28,29)23-8-2-3-9-23/h4-7,10-11,14H,2-3,8-9,12-13H2,1H3,(H,22,25). The van der Waals surface area contributed by atoms with E-state index in [2.05, 4.69) is 5.32 Å². The zero-order chi connectivity index (χ0) is 23.6. The normalized spacial score (nSPS) is 16.4. The molecule has 0 aliphatic carbocycles. The molecule has 0 aromatic heterocycles. The Morgan fingerprint density at radius 3 is 2.64 bits per heavy atom. The molecule has 12 heteroatoms. The van der Waals surface area contributed by atoms with E-state index in [4.69, 9.17) is 14.2 Å². The van der Waals surface area contributed by atoms with Crippen molar-refractivity contribution in [1.82, 2.24) is 9.62 Å². The summed E-state index contributed by atoms with van der Waals surface area (Å²) in [6.45, 7) is 2.21. The molecule has 0 radical (unpaired) electrons. The molecule has 4 rings (SSSR count). The van der Waals surface area contributed by atoms with Gasteiger partial charge in [-0.05, 0) is 49.6 Å². The van der Waals surface area contributed by atoms with E-state index in [9.17, 15) is 23.3 Å². The zero-order valence-corrected chi connectivity index (χ0v) is 18.7. The molecule has 2 aliphatic rings. The van der Waals surface area contributed by atoms with Crippen LogP contribution in [0.4, 0.5) is 5.69 Å². The van der Waals surface area contributed by atoms with Crippen molar-refractivity contribution in [3.05, 3.63) is 52.1 Å². The minimum atomic E-state index is -3.82. The van der Waals surface area contributed by atoms with Crippen LogP contribution in [-0.2, 0) is 14.8 Å². The van der Waals surface area contributed by atoms with Gasteiger partial charge in [0.25, 0.3) is 5.91 Å². The number of hydrogen-bond donors (Lipinski definition) is 1. The molecule has 1 atom stereocenters. The molecule has 2 heterocycles. The molecule has 11 nitrogen and oxygen atoms in total. The molecule has 33 heavy (non-hydrogen) atoms. The summed E-state index contributed by atoms with van der Waals surface area (Å²) in [7, 11) is -3.82. The Kier molecular flexibility index (Phi) is 6.38. The monoisotopic (exact) mass is 477 g/mol. The third kappa shape index (κ3) is 4.86. The number of benzene rings is 2. The van der Waals surface area contributed by atoms with Crippen molar-refractivity contribution < 1.29 is 32.3 Å². The van der Waals surface area contributed by atoms with Crippen molar-refractivity contribution in [2.45, 2.75) is 30.7 Å². The van der Waals surface area contributed by atoms with Crippen LogP contribution in [0.25, 0.3) is 0 Å². The number of ether oxygens (including phenoxy) is 3. The van der Waals surface area contributed by atoms with Gasteiger partial charge in [0.1, 0.15) is 0 Å². The fourth-order valence-electron chi connectivity index (χ4n) is 3.69. The second-order valence-corrected chi connectivity index (χ2v) is 9.63. The lowest BCUT2D eigenvalue weighted by Gasteiger charge is -2.16. The first kappa shape index (κ1) is 22.8. The van der Waals surface area contributed by atoms with Crippen LogP contribution in [0.2, 0.25) is 0 Å². The van der Waals surface area contributed by atoms with E-state index in [1.165, 1.54) is 16.4 Å². The summed E-state index contributed by atoms with van der Waals surface area (Å²) >= 11 is 0. The largest absolute Gasteiger partial charge is 0.477 e. The number of rotatable bonds is 8. The van der Waals surface area contributed by atoms with E-state index in [1.54, 1.807) is 25.1 Å². The van der Waals surface area contributed by atoms with E-state index >= 15 is 0 Å². The Morgan fingerprint density at radius 2 is 1.91 bits per heavy atom. The second kappa shape index (κ2) is 9.24. The van der Waals surface area contributed by atoms with E-state index in [0.29, 0.717) is 24.6 Å². The van der Waals surface area contributed by atoms with E-state index in [1.807, 2.05) is 0 Å². The number of fused-ring (bicyclic) bond motifs is 1. The van der Waals surface area contributed by atoms with Gasteiger partial charge in [-0.15, -0.1) is 0 Å². The molecule has 1 unspecified atom stereocenters.